The summed E-state index contributed by atoms with van der Waals surface area (Å²) in [6.45, 7) is 4.17. The number of sulfonamides is 1. The van der Waals surface area contributed by atoms with Crippen molar-refractivity contribution in [2.24, 2.45) is 11.8 Å². The summed E-state index contributed by atoms with van der Waals surface area (Å²) in [4.78, 5) is 30.3. The first-order valence-corrected chi connectivity index (χ1v) is 13.6. The van der Waals surface area contributed by atoms with E-state index in [0.717, 1.165) is 38.5 Å². The summed E-state index contributed by atoms with van der Waals surface area (Å²) in [5, 5.41) is 3.14. The minimum atomic E-state index is -3.76. The molecule has 0 aromatic carbocycles. The fourth-order valence-electron chi connectivity index (χ4n) is 5.12. The predicted octanol–water partition coefficient (Wildman–Crippen LogP) is 2.74. The molecule has 32 heavy (non-hydrogen) atoms. The molecule has 1 saturated carbocycles. The molecule has 178 valence electrons. The Bertz CT molecular complexity index is 914. The largest absolute Gasteiger partial charge is 0.356 e. The number of hydrogen-bond donors (Lipinski definition) is 2. The van der Waals surface area contributed by atoms with Crippen molar-refractivity contribution in [3.63, 3.8) is 0 Å². The van der Waals surface area contributed by atoms with Crippen LogP contribution in [0.15, 0.2) is 17.2 Å². The van der Waals surface area contributed by atoms with Crippen molar-refractivity contribution in [1.29, 1.82) is 0 Å². The van der Waals surface area contributed by atoms with E-state index < -0.39 is 10.0 Å². The summed E-state index contributed by atoms with van der Waals surface area (Å²) >= 11 is 0. The van der Waals surface area contributed by atoms with Crippen molar-refractivity contribution in [3.05, 3.63) is 18.0 Å². The van der Waals surface area contributed by atoms with E-state index in [4.69, 9.17) is 0 Å². The second-order valence-electron chi connectivity index (χ2n) is 9.77. The van der Waals surface area contributed by atoms with Gasteiger partial charge in [-0.25, -0.2) is 8.42 Å². The zero-order chi connectivity index (χ0) is 22.7. The standard InChI is InChI=1S/C23H36N4O4S/c1-17-9-12-26(13-10-17)23(29)21-14-20(15-24-21)32(30,31)27-11-5-6-18(16-27)22(28)25-19-7-3-2-4-8-19/h14-15,17-19,24H,2-13,16H2,1H3,(H,25,28)/t18-/m0/s1. The van der Waals surface area contributed by atoms with Gasteiger partial charge in [-0.2, -0.15) is 4.31 Å². The smallest absolute Gasteiger partial charge is 0.270 e. The van der Waals surface area contributed by atoms with Gasteiger partial charge in [-0.1, -0.05) is 26.2 Å². The SMILES string of the molecule is CC1CCN(C(=O)c2cc(S(=O)(=O)N3CCC[C@H](C(=O)NC4CCCCC4)C3)c[nH]2)CC1. The molecule has 2 amide bonds. The lowest BCUT2D eigenvalue weighted by atomic mass is 9.93. The van der Waals surface area contributed by atoms with Gasteiger partial charge < -0.3 is 15.2 Å². The maximum atomic E-state index is 13.2. The number of hydrogen-bond acceptors (Lipinski definition) is 4. The fourth-order valence-corrected chi connectivity index (χ4v) is 6.64. The van der Waals surface area contributed by atoms with Gasteiger partial charge in [0, 0.05) is 38.4 Å². The lowest BCUT2D eigenvalue weighted by molar-refractivity contribution is -0.127. The molecule has 2 saturated heterocycles. The van der Waals surface area contributed by atoms with Crippen molar-refractivity contribution in [1.82, 2.24) is 19.5 Å². The Labute approximate surface area is 191 Å². The lowest BCUT2D eigenvalue weighted by Crippen LogP contribution is -2.47. The number of H-pyrrole nitrogens is 1. The summed E-state index contributed by atoms with van der Waals surface area (Å²) in [5.41, 5.74) is 0.307. The second-order valence-corrected chi connectivity index (χ2v) is 11.7. The Morgan fingerprint density at radius 1 is 1.00 bits per heavy atom. The second kappa shape index (κ2) is 9.95. The van der Waals surface area contributed by atoms with Crippen LogP contribution in [0.2, 0.25) is 0 Å². The maximum absolute atomic E-state index is 13.2. The van der Waals surface area contributed by atoms with Crippen molar-refractivity contribution < 1.29 is 18.0 Å². The first-order valence-electron chi connectivity index (χ1n) is 12.1. The number of aromatic nitrogens is 1. The van der Waals surface area contributed by atoms with E-state index >= 15 is 0 Å². The highest BCUT2D eigenvalue weighted by atomic mass is 32.2. The van der Waals surface area contributed by atoms with E-state index in [0.29, 0.717) is 44.1 Å². The molecule has 0 spiro atoms. The molecule has 2 aliphatic heterocycles. The zero-order valence-electron chi connectivity index (χ0n) is 19.0. The van der Waals surface area contributed by atoms with E-state index in [1.807, 2.05) is 0 Å². The van der Waals surface area contributed by atoms with E-state index in [1.165, 1.54) is 23.0 Å². The first kappa shape index (κ1) is 23.3. The van der Waals surface area contributed by atoms with Crippen LogP contribution in [0, 0.1) is 11.8 Å². The maximum Gasteiger partial charge on any atom is 0.270 e. The average molecular weight is 465 g/mol. The topological polar surface area (TPSA) is 103 Å². The Balaban J connectivity index is 1.39. The highest BCUT2D eigenvalue weighted by molar-refractivity contribution is 7.89. The number of nitrogens with zero attached hydrogens (tertiary/aromatic N) is 2. The quantitative estimate of drug-likeness (QED) is 0.699. The van der Waals surface area contributed by atoms with Gasteiger partial charge in [0.05, 0.1) is 5.92 Å². The van der Waals surface area contributed by atoms with Crippen LogP contribution in [0.3, 0.4) is 0 Å². The van der Waals surface area contributed by atoms with Crippen LogP contribution >= 0.6 is 0 Å². The highest BCUT2D eigenvalue weighted by Crippen LogP contribution is 2.26. The van der Waals surface area contributed by atoms with Crippen LogP contribution in [0.5, 0.6) is 0 Å². The number of rotatable bonds is 5. The molecule has 8 nitrogen and oxygen atoms in total. The lowest BCUT2D eigenvalue weighted by Gasteiger charge is -2.32. The van der Waals surface area contributed by atoms with E-state index in [2.05, 4.69) is 17.2 Å². The third-order valence-electron chi connectivity index (χ3n) is 7.30. The van der Waals surface area contributed by atoms with Crippen LogP contribution in [0.25, 0.3) is 0 Å². The number of amides is 2. The number of aromatic amines is 1. The van der Waals surface area contributed by atoms with Crippen LogP contribution < -0.4 is 5.32 Å². The molecule has 1 atom stereocenters. The highest BCUT2D eigenvalue weighted by Gasteiger charge is 2.35. The summed E-state index contributed by atoms with van der Waals surface area (Å²) in [6, 6.07) is 1.67. The summed E-state index contributed by atoms with van der Waals surface area (Å²) < 4.78 is 27.9. The van der Waals surface area contributed by atoms with Crippen molar-refractivity contribution in [2.45, 2.75) is 75.6 Å². The van der Waals surface area contributed by atoms with E-state index in [9.17, 15) is 18.0 Å². The van der Waals surface area contributed by atoms with Crippen molar-refractivity contribution in [2.75, 3.05) is 26.2 Å². The number of likely N-dealkylation sites (tertiary alicyclic amines) is 1. The van der Waals surface area contributed by atoms with Crippen molar-refractivity contribution in [3.8, 4) is 0 Å². The number of nitrogens with one attached hydrogen (secondary N) is 2. The molecule has 3 fully saturated rings. The van der Waals surface area contributed by atoms with Gasteiger partial charge in [-0.3, -0.25) is 9.59 Å². The predicted molar refractivity (Wildman–Crippen MR) is 122 cm³/mol. The third kappa shape index (κ3) is 5.20. The number of carbonyl (C=O) groups is 2. The Morgan fingerprint density at radius 2 is 1.72 bits per heavy atom. The summed E-state index contributed by atoms with van der Waals surface area (Å²) in [5.74, 6) is 0.111. The monoisotopic (exact) mass is 464 g/mol. The zero-order valence-corrected chi connectivity index (χ0v) is 19.8. The molecule has 4 rings (SSSR count). The molecule has 3 heterocycles. The first-order chi connectivity index (χ1) is 15.3. The van der Waals surface area contributed by atoms with Crippen LogP contribution in [-0.2, 0) is 14.8 Å². The van der Waals surface area contributed by atoms with Gasteiger partial charge in [-0.05, 0) is 50.5 Å². The molecule has 0 bridgehead atoms. The van der Waals surface area contributed by atoms with Gasteiger partial charge in [-0.15, -0.1) is 0 Å². The average Bonchev–Trinajstić information content (AvgIpc) is 3.31. The van der Waals surface area contributed by atoms with Gasteiger partial charge >= 0.3 is 0 Å². The molecular formula is C23H36N4O4S. The molecule has 9 heteroatoms. The van der Waals surface area contributed by atoms with Gasteiger partial charge in [0.15, 0.2) is 0 Å². The Kier molecular flexibility index (Phi) is 7.24. The Hall–Kier alpha value is -1.87. The molecule has 1 aromatic heterocycles. The van der Waals surface area contributed by atoms with Crippen LogP contribution in [0.1, 0.15) is 75.2 Å². The summed E-state index contributed by atoms with van der Waals surface area (Å²) in [7, 11) is -3.76. The third-order valence-corrected chi connectivity index (χ3v) is 9.14. The number of carbonyl (C=O) groups excluding carboxylic acids is 2. The molecule has 2 N–H and O–H groups in total. The van der Waals surface area contributed by atoms with Gasteiger partial charge in [0.2, 0.25) is 15.9 Å². The molecule has 0 radical (unpaired) electrons. The van der Waals surface area contributed by atoms with Crippen LogP contribution in [-0.4, -0.2) is 66.6 Å². The molecule has 0 unspecified atom stereocenters. The molecule has 3 aliphatic rings. The molecule has 1 aliphatic carbocycles. The van der Waals surface area contributed by atoms with Crippen molar-refractivity contribution >= 4 is 21.8 Å². The normalized spacial score (nSPS) is 24.4. The minimum Gasteiger partial charge on any atom is -0.356 e. The molecular weight excluding hydrogens is 428 g/mol. The van der Waals surface area contributed by atoms with Gasteiger partial charge in [0.1, 0.15) is 10.6 Å². The van der Waals surface area contributed by atoms with E-state index in [1.54, 1.807) is 4.90 Å². The van der Waals surface area contributed by atoms with E-state index in [-0.39, 0.29) is 35.2 Å². The Morgan fingerprint density at radius 3 is 2.44 bits per heavy atom. The van der Waals surface area contributed by atoms with Crippen LogP contribution in [0.4, 0.5) is 0 Å². The number of piperidine rings is 2. The molecule has 1 aromatic rings. The minimum absolute atomic E-state index is 0.0268. The van der Waals surface area contributed by atoms with Gasteiger partial charge in [0.25, 0.3) is 5.91 Å². The fraction of sp³-hybridized carbons (Fsp3) is 0.739. The summed E-state index contributed by atoms with van der Waals surface area (Å²) in [6.07, 6.45) is 10.2.